The van der Waals surface area contributed by atoms with E-state index in [0.717, 1.165) is 15.9 Å². The molecule has 0 radical (unpaired) electrons. The van der Waals surface area contributed by atoms with Gasteiger partial charge in [-0.3, -0.25) is 4.57 Å². The summed E-state index contributed by atoms with van der Waals surface area (Å²) in [4.78, 5) is 46.6. The Balaban J connectivity index is 0.00000248. The lowest BCUT2D eigenvalue weighted by Gasteiger charge is -2.18. The van der Waals surface area contributed by atoms with Crippen molar-refractivity contribution in [3.05, 3.63) is 91.2 Å². The summed E-state index contributed by atoms with van der Waals surface area (Å²) in [6.07, 6.45) is 0.384. The van der Waals surface area contributed by atoms with Crippen LogP contribution in [0.2, 0.25) is 5.02 Å². The number of hydrogen-bond donors (Lipinski definition) is 3. The van der Waals surface area contributed by atoms with Crippen LogP contribution < -0.4 is 21.4 Å². The largest absolute Gasteiger partial charge is 0.462 e. The van der Waals surface area contributed by atoms with Crippen molar-refractivity contribution >= 4 is 40.5 Å². The molecule has 0 bridgehead atoms. The predicted molar refractivity (Wildman–Crippen MR) is 162 cm³/mol. The lowest BCUT2D eigenvalue weighted by molar-refractivity contribution is -0.0755. The zero-order valence-electron chi connectivity index (χ0n) is 23.7. The number of carbonyl (C=O) groups is 1. The molecule has 0 saturated heterocycles. The van der Waals surface area contributed by atoms with Crippen LogP contribution in [0.1, 0.15) is 36.0 Å². The number of ether oxygens (including phenoxy) is 3. The number of anilines is 2. The molecule has 2 heterocycles. The van der Waals surface area contributed by atoms with Crippen LogP contribution in [0.5, 0.6) is 10.9 Å². The minimum Gasteiger partial charge on any atom is -0.462 e. The van der Waals surface area contributed by atoms with Crippen molar-refractivity contribution in [1.82, 2.24) is 19.1 Å². The molecule has 13 nitrogen and oxygen atoms in total. The van der Waals surface area contributed by atoms with Crippen LogP contribution in [-0.2, 0) is 22.6 Å². The number of benzene rings is 2. The topological polar surface area (TPSA) is 167 Å². The lowest BCUT2D eigenvalue weighted by Crippen LogP contribution is -2.45. The first-order valence-corrected chi connectivity index (χ1v) is 14.5. The molecule has 0 saturated carbocycles. The zero-order valence-corrected chi connectivity index (χ0v) is 25.3. The molecule has 3 N–H and O–H groups in total. The SMILES string of the molecule is CC.CCOC(=O)c1cnc(Oc2ccc(Nc3nc(=O)n(CC(CO)OCO)c(=O)n3Cc3ccc(Cl)cc3)cc2)s1. The van der Waals surface area contributed by atoms with Gasteiger partial charge in [0.1, 0.15) is 23.5 Å². The number of nitrogens with one attached hydrogen (secondary N) is 1. The number of nitrogens with zero attached hydrogens (tertiary/aromatic N) is 4. The van der Waals surface area contributed by atoms with Crippen molar-refractivity contribution in [2.45, 2.75) is 40.0 Å². The second-order valence-electron chi connectivity index (χ2n) is 8.39. The first-order valence-electron chi connectivity index (χ1n) is 13.3. The fourth-order valence-electron chi connectivity index (χ4n) is 3.61. The Morgan fingerprint density at radius 3 is 2.40 bits per heavy atom. The number of esters is 1. The monoisotopic (exact) mass is 633 g/mol. The summed E-state index contributed by atoms with van der Waals surface area (Å²) in [5.74, 6) is -0.0741. The van der Waals surface area contributed by atoms with E-state index in [1.165, 1.54) is 10.8 Å². The number of carbonyl (C=O) groups excluding carboxylic acids is 1. The molecule has 15 heteroatoms. The molecular weight excluding hydrogens is 602 g/mol. The van der Waals surface area contributed by atoms with E-state index in [0.29, 0.717) is 26.9 Å². The van der Waals surface area contributed by atoms with Crippen LogP contribution in [-0.4, -0.2) is 61.4 Å². The molecule has 2 aromatic carbocycles. The average molecular weight is 634 g/mol. The molecular formula is C28H32ClN5O8S. The number of aliphatic hydroxyl groups excluding tert-OH is 2. The van der Waals surface area contributed by atoms with Gasteiger partial charge in [0.05, 0.1) is 32.5 Å². The van der Waals surface area contributed by atoms with Crippen molar-refractivity contribution in [1.29, 1.82) is 0 Å². The second-order valence-corrected chi connectivity index (χ2v) is 9.82. The van der Waals surface area contributed by atoms with Crippen LogP contribution in [0.15, 0.2) is 64.3 Å². The highest BCUT2D eigenvalue weighted by atomic mass is 35.5. The van der Waals surface area contributed by atoms with E-state index in [9.17, 15) is 19.5 Å². The molecule has 0 aliphatic heterocycles. The Labute approximate surface area is 255 Å². The molecule has 4 aromatic rings. The fourth-order valence-corrected chi connectivity index (χ4v) is 4.41. The molecule has 1 unspecified atom stereocenters. The molecule has 4 rings (SSSR count). The molecule has 0 aliphatic rings. The fraction of sp³-hybridized carbons (Fsp3) is 0.321. The quantitative estimate of drug-likeness (QED) is 0.145. The number of hydrogen-bond acceptors (Lipinski definition) is 12. The molecule has 43 heavy (non-hydrogen) atoms. The highest BCUT2D eigenvalue weighted by Gasteiger charge is 2.18. The number of halogens is 1. The second kappa shape index (κ2) is 16.5. The third kappa shape index (κ3) is 9.20. The maximum Gasteiger partial charge on any atom is 0.355 e. The molecule has 0 fully saturated rings. The van der Waals surface area contributed by atoms with E-state index in [-0.39, 0.29) is 30.8 Å². The van der Waals surface area contributed by atoms with E-state index < -0.39 is 36.9 Å². The van der Waals surface area contributed by atoms with E-state index in [1.807, 2.05) is 13.8 Å². The summed E-state index contributed by atoms with van der Waals surface area (Å²) in [5, 5.41) is 22.3. The van der Waals surface area contributed by atoms with Gasteiger partial charge in [0.2, 0.25) is 5.95 Å². The predicted octanol–water partition coefficient (Wildman–Crippen LogP) is 3.63. The van der Waals surface area contributed by atoms with Gasteiger partial charge in [-0.05, 0) is 48.9 Å². The van der Waals surface area contributed by atoms with Crippen molar-refractivity contribution < 1.29 is 29.2 Å². The highest BCUT2D eigenvalue weighted by Crippen LogP contribution is 2.28. The molecule has 0 spiro atoms. The minimum atomic E-state index is -0.992. The van der Waals surface area contributed by atoms with Crippen molar-refractivity contribution in [2.24, 2.45) is 0 Å². The van der Waals surface area contributed by atoms with Crippen molar-refractivity contribution in [3.63, 3.8) is 0 Å². The highest BCUT2D eigenvalue weighted by molar-refractivity contribution is 7.15. The van der Waals surface area contributed by atoms with Crippen LogP contribution in [0.3, 0.4) is 0 Å². The van der Waals surface area contributed by atoms with Gasteiger partial charge in [-0.15, -0.1) is 0 Å². The van der Waals surface area contributed by atoms with Gasteiger partial charge in [0, 0.05) is 10.7 Å². The average Bonchev–Trinajstić information content (AvgIpc) is 3.48. The van der Waals surface area contributed by atoms with Gasteiger partial charge in [0.25, 0.3) is 5.19 Å². The normalized spacial score (nSPS) is 11.3. The minimum absolute atomic E-state index is 0.0255. The number of aliphatic hydroxyl groups is 2. The van der Waals surface area contributed by atoms with E-state index in [1.54, 1.807) is 55.5 Å². The summed E-state index contributed by atoms with van der Waals surface area (Å²) < 4.78 is 17.7. The summed E-state index contributed by atoms with van der Waals surface area (Å²) in [5.41, 5.74) is -0.366. The molecule has 230 valence electrons. The smallest absolute Gasteiger partial charge is 0.355 e. The van der Waals surface area contributed by atoms with E-state index in [2.05, 4.69) is 15.3 Å². The lowest BCUT2D eigenvalue weighted by atomic mass is 10.2. The van der Waals surface area contributed by atoms with E-state index >= 15 is 0 Å². The summed E-state index contributed by atoms with van der Waals surface area (Å²) in [6, 6.07) is 13.4. The Kier molecular flexibility index (Phi) is 12.8. The summed E-state index contributed by atoms with van der Waals surface area (Å²) >= 11 is 7.04. The van der Waals surface area contributed by atoms with Crippen molar-refractivity contribution in [2.75, 3.05) is 25.3 Å². The van der Waals surface area contributed by atoms with Gasteiger partial charge < -0.3 is 29.7 Å². The number of aromatic nitrogens is 4. The summed E-state index contributed by atoms with van der Waals surface area (Å²) in [7, 11) is 0. The van der Waals surface area contributed by atoms with Crippen molar-refractivity contribution in [3.8, 4) is 10.9 Å². The third-order valence-corrected chi connectivity index (χ3v) is 6.69. The molecule has 1 atom stereocenters. The maximum atomic E-state index is 13.4. The van der Waals surface area contributed by atoms with Gasteiger partial charge >= 0.3 is 17.3 Å². The molecule has 0 aliphatic carbocycles. The van der Waals surface area contributed by atoms with Gasteiger partial charge in [0.15, 0.2) is 0 Å². The Morgan fingerprint density at radius 1 is 1.07 bits per heavy atom. The Hall–Kier alpha value is -4.08. The van der Waals surface area contributed by atoms with Gasteiger partial charge in [-0.1, -0.05) is 48.9 Å². The maximum absolute atomic E-state index is 13.4. The molecule has 0 amide bonds. The van der Waals surface area contributed by atoms with Gasteiger partial charge in [-0.25, -0.2) is 23.9 Å². The zero-order chi connectivity index (χ0) is 31.4. The summed E-state index contributed by atoms with van der Waals surface area (Å²) in [6.45, 7) is 4.47. The standard InChI is InChI=1S/C26H26ClN5O8S.C2H6/c1-2-38-22(35)21-11-28-25(41-21)40-19-9-7-18(8-10-19)29-23-30-24(36)32(13-20(14-33)39-15-34)26(37)31(23)12-16-3-5-17(27)6-4-16;1-2/h3-11,20,33-34H,2,12-15H2,1H3,(H,29,30,36);1-2H3. The van der Waals surface area contributed by atoms with Crippen LogP contribution in [0, 0.1) is 0 Å². The van der Waals surface area contributed by atoms with Crippen LogP contribution in [0.4, 0.5) is 11.6 Å². The third-order valence-electron chi connectivity index (χ3n) is 5.58. The Morgan fingerprint density at radius 2 is 1.77 bits per heavy atom. The van der Waals surface area contributed by atoms with E-state index in [4.69, 9.17) is 30.9 Å². The van der Waals surface area contributed by atoms with Gasteiger partial charge in [-0.2, -0.15) is 4.98 Å². The Bertz CT molecular complexity index is 1590. The van der Waals surface area contributed by atoms with Crippen LogP contribution in [0.25, 0.3) is 0 Å². The molecule has 2 aromatic heterocycles. The first-order chi connectivity index (χ1) is 20.8. The first kappa shape index (κ1) is 33.4. The number of thiazole rings is 1. The number of rotatable bonds is 13. The van der Waals surface area contributed by atoms with Crippen LogP contribution >= 0.6 is 22.9 Å².